The van der Waals surface area contributed by atoms with Crippen molar-refractivity contribution in [2.75, 3.05) is 13.1 Å². The van der Waals surface area contributed by atoms with E-state index < -0.39 is 0 Å². The molecule has 0 radical (unpaired) electrons. The summed E-state index contributed by atoms with van der Waals surface area (Å²) in [6, 6.07) is 4.19. The molecule has 1 aromatic heterocycles. The quantitative estimate of drug-likeness (QED) is 0.838. The second-order valence-corrected chi connectivity index (χ2v) is 4.21. The number of pyridine rings is 1. The molecule has 2 unspecified atom stereocenters. The number of fused-ring (bicyclic) bond motifs is 2. The smallest absolute Gasteiger partial charge is 0.0343 e. The molecule has 2 heterocycles. The van der Waals surface area contributed by atoms with E-state index in [4.69, 9.17) is 0 Å². The molecule has 0 spiro atoms. The van der Waals surface area contributed by atoms with Crippen LogP contribution in [0.1, 0.15) is 12.0 Å². The van der Waals surface area contributed by atoms with E-state index in [0.717, 1.165) is 24.9 Å². The second-order valence-electron chi connectivity index (χ2n) is 4.21. The molecular weight excluding hydrogens is 243 g/mol. The zero-order valence-corrected chi connectivity index (χ0v) is 10.6. The Morgan fingerprint density at radius 1 is 1.25 bits per heavy atom. The van der Waals surface area contributed by atoms with Gasteiger partial charge in [-0.05, 0) is 35.5 Å². The van der Waals surface area contributed by atoms with Crippen LogP contribution in [-0.4, -0.2) is 18.1 Å². The highest BCUT2D eigenvalue weighted by atomic mass is 35.5. The Morgan fingerprint density at radius 2 is 2.12 bits per heavy atom. The van der Waals surface area contributed by atoms with Crippen LogP contribution >= 0.6 is 24.8 Å². The van der Waals surface area contributed by atoms with Crippen molar-refractivity contribution in [3.05, 3.63) is 36.2 Å². The molecule has 0 saturated carbocycles. The number of hydrogen-bond donors (Lipinski definition) is 1. The van der Waals surface area contributed by atoms with Gasteiger partial charge in [0.2, 0.25) is 0 Å². The van der Waals surface area contributed by atoms with Gasteiger partial charge in [0, 0.05) is 25.5 Å². The lowest BCUT2D eigenvalue weighted by Crippen LogP contribution is -2.31. The van der Waals surface area contributed by atoms with Crippen molar-refractivity contribution < 1.29 is 0 Å². The molecule has 4 heteroatoms. The third-order valence-electron chi connectivity index (χ3n) is 3.23. The van der Waals surface area contributed by atoms with E-state index in [2.05, 4.69) is 22.4 Å². The van der Waals surface area contributed by atoms with Gasteiger partial charge in [0.05, 0.1) is 0 Å². The fourth-order valence-electron chi connectivity index (χ4n) is 2.59. The van der Waals surface area contributed by atoms with E-state index in [9.17, 15) is 0 Å². The van der Waals surface area contributed by atoms with Crippen LogP contribution in [0.2, 0.25) is 0 Å². The number of hydrogen-bond acceptors (Lipinski definition) is 2. The van der Waals surface area contributed by atoms with Crippen LogP contribution in [0.3, 0.4) is 0 Å². The highest BCUT2D eigenvalue weighted by Gasteiger charge is 2.30. The standard InChI is InChI=1S/C12H14N2.2ClH/c1-2-10(7-13-3-1)12-5-9-4-11(12)8-14-6-9;;/h1-3,5,7,9,11,14H,4,6,8H2;2*1H. The van der Waals surface area contributed by atoms with Crippen molar-refractivity contribution in [1.82, 2.24) is 10.3 Å². The summed E-state index contributed by atoms with van der Waals surface area (Å²) in [4.78, 5) is 4.18. The Morgan fingerprint density at radius 3 is 2.81 bits per heavy atom. The van der Waals surface area contributed by atoms with Gasteiger partial charge in [0.25, 0.3) is 0 Å². The van der Waals surface area contributed by atoms with E-state index in [1.807, 2.05) is 18.5 Å². The SMILES string of the molecule is C1=C(c2cccnc2)C2CNCC1C2.Cl.Cl. The fraction of sp³-hybridized carbons (Fsp3) is 0.417. The third-order valence-corrected chi connectivity index (χ3v) is 3.23. The first-order valence-corrected chi connectivity index (χ1v) is 5.26. The molecule has 2 atom stereocenters. The zero-order valence-electron chi connectivity index (χ0n) is 8.93. The number of halogens is 2. The van der Waals surface area contributed by atoms with E-state index in [1.165, 1.54) is 17.6 Å². The maximum absolute atomic E-state index is 4.18. The van der Waals surface area contributed by atoms with Crippen LogP contribution in [0, 0.1) is 11.8 Å². The Hall–Kier alpha value is -0.570. The van der Waals surface area contributed by atoms with Gasteiger partial charge in [0.15, 0.2) is 0 Å². The first-order valence-electron chi connectivity index (χ1n) is 5.26. The summed E-state index contributed by atoms with van der Waals surface area (Å²) in [5.74, 6) is 1.47. The van der Waals surface area contributed by atoms with Gasteiger partial charge in [-0.25, -0.2) is 0 Å². The lowest BCUT2D eigenvalue weighted by atomic mass is 9.93. The number of nitrogens with one attached hydrogen (secondary N) is 1. The normalized spacial score (nSPS) is 26.4. The molecule has 2 nitrogen and oxygen atoms in total. The number of aromatic nitrogens is 1. The molecule has 0 aromatic carbocycles. The highest BCUT2D eigenvalue weighted by Crippen LogP contribution is 2.38. The Labute approximate surface area is 108 Å². The monoisotopic (exact) mass is 258 g/mol. The summed E-state index contributed by atoms with van der Waals surface area (Å²) in [7, 11) is 0. The molecule has 16 heavy (non-hydrogen) atoms. The van der Waals surface area contributed by atoms with Crippen molar-refractivity contribution >= 4 is 30.4 Å². The first kappa shape index (κ1) is 13.5. The summed E-state index contributed by atoms with van der Waals surface area (Å²) < 4.78 is 0. The van der Waals surface area contributed by atoms with Crippen molar-refractivity contribution in [3.8, 4) is 0 Å². The topological polar surface area (TPSA) is 24.9 Å². The molecule has 2 aliphatic rings. The molecule has 3 rings (SSSR count). The van der Waals surface area contributed by atoms with Crippen LogP contribution in [0.4, 0.5) is 0 Å². The van der Waals surface area contributed by atoms with Crippen LogP contribution in [0.15, 0.2) is 30.6 Å². The minimum Gasteiger partial charge on any atom is -0.316 e. The second kappa shape index (κ2) is 5.67. The van der Waals surface area contributed by atoms with Crippen molar-refractivity contribution in [2.45, 2.75) is 6.42 Å². The van der Waals surface area contributed by atoms with E-state index >= 15 is 0 Å². The van der Waals surface area contributed by atoms with Gasteiger partial charge in [0.1, 0.15) is 0 Å². The van der Waals surface area contributed by atoms with Gasteiger partial charge in [-0.1, -0.05) is 12.1 Å². The molecule has 2 bridgehead atoms. The van der Waals surface area contributed by atoms with Gasteiger partial charge in [-0.3, -0.25) is 4.98 Å². The lowest BCUT2D eigenvalue weighted by molar-refractivity contribution is 0.407. The van der Waals surface area contributed by atoms with Crippen LogP contribution in [0.5, 0.6) is 0 Å². The predicted octanol–water partition coefficient (Wildman–Crippen LogP) is 2.55. The molecular formula is C12H16Cl2N2. The van der Waals surface area contributed by atoms with Crippen LogP contribution in [-0.2, 0) is 0 Å². The molecule has 1 N–H and O–H groups in total. The summed E-state index contributed by atoms with van der Waals surface area (Å²) in [6.45, 7) is 2.29. The summed E-state index contributed by atoms with van der Waals surface area (Å²) >= 11 is 0. The minimum absolute atomic E-state index is 0. The van der Waals surface area contributed by atoms with E-state index in [1.54, 1.807) is 0 Å². The largest absolute Gasteiger partial charge is 0.316 e. The number of piperidine rings is 1. The van der Waals surface area contributed by atoms with Crippen molar-refractivity contribution in [2.24, 2.45) is 11.8 Å². The first-order chi connectivity index (χ1) is 6.93. The Balaban J connectivity index is 0.000000640. The maximum Gasteiger partial charge on any atom is 0.0343 e. The molecule has 1 saturated heterocycles. The molecule has 1 fully saturated rings. The molecule has 1 aliphatic carbocycles. The van der Waals surface area contributed by atoms with Crippen LogP contribution in [0.25, 0.3) is 5.57 Å². The Bertz CT molecular complexity index is 365. The van der Waals surface area contributed by atoms with Gasteiger partial charge in [-0.15, -0.1) is 24.8 Å². The lowest BCUT2D eigenvalue weighted by Gasteiger charge is -2.21. The minimum atomic E-state index is 0. The summed E-state index contributed by atoms with van der Waals surface area (Å²) in [6.07, 6.45) is 7.58. The Kier molecular flexibility index (Phi) is 4.78. The van der Waals surface area contributed by atoms with Crippen molar-refractivity contribution in [3.63, 3.8) is 0 Å². The predicted molar refractivity (Wildman–Crippen MR) is 71.2 cm³/mol. The van der Waals surface area contributed by atoms with Crippen molar-refractivity contribution in [1.29, 1.82) is 0 Å². The summed E-state index contributed by atoms with van der Waals surface area (Å²) in [5, 5.41) is 3.47. The van der Waals surface area contributed by atoms with Gasteiger partial charge < -0.3 is 5.32 Å². The van der Waals surface area contributed by atoms with Gasteiger partial charge >= 0.3 is 0 Å². The maximum atomic E-state index is 4.18. The van der Waals surface area contributed by atoms with E-state index in [-0.39, 0.29) is 24.8 Å². The summed E-state index contributed by atoms with van der Waals surface area (Å²) in [5.41, 5.74) is 2.82. The molecule has 1 aromatic rings. The molecule has 1 aliphatic heterocycles. The third kappa shape index (κ3) is 2.40. The molecule has 88 valence electrons. The van der Waals surface area contributed by atoms with E-state index in [0.29, 0.717) is 0 Å². The average molecular weight is 259 g/mol. The molecule has 0 amide bonds. The van der Waals surface area contributed by atoms with Crippen LogP contribution < -0.4 is 5.32 Å². The number of nitrogens with zero attached hydrogens (tertiary/aromatic N) is 1. The average Bonchev–Trinajstić information content (AvgIpc) is 2.55. The number of rotatable bonds is 1. The fourth-order valence-corrected chi connectivity index (χ4v) is 2.59. The highest BCUT2D eigenvalue weighted by molar-refractivity contribution is 5.85. The van der Waals surface area contributed by atoms with Gasteiger partial charge in [-0.2, -0.15) is 0 Å². The zero-order chi connectivity index (χ0) is 9.38.